The lowest BCUT2D eigenvalue weighted by molar-refractivity contribution is -0.137. The third-order valence-electron chi connectivity index (χ3n) is 11.5. The van der Waals surface area contributed by atoms with Gasteiger partial charge in [-0.05, 0) is 72.9 Å². The van der Waals surface area contributed by atoms with Crippen molar-refractivity contribution in [2.45, 2.75) is 84.2 Å². The molecule has 4 heterocycles. The number of fused-ring (bicyclic) bond motifs is 2. The van der Waals surface area contributed by atoms with Crippen LogP contribution in [0.2, 0.25) is 0 Å². The minimum Gasteiger partial charge on any atom is -0.342 e. The van der Waals surface area contributed by atoms with E-state index in [4.69, 9.17) is 0 Å². The molecule has 4 aromatic rings. The number of carbonyl (C=O) groups is 2. The summed E-state index contributed by atoms with van der Waals surface area (Å²) in [7, 11) is 0. The normalized spacial score (nSPS) is 24.8. The van der Waals surface area contributed by atoms with E-state index in [-0.39, 0.29) is 41.3 Å². The van der Waals surface area contributed by atoms with Crippen LogP contribution in [0.4, 0.5) is 30.5 Å². The Balaban J connectivity index is 1.38. The smallest absolute Gasteiger partial charge is 0.342 e. The summed E-state index contributed by atoms with van der Waals surface area (Å²) in [6.07, 6.45) is -0.282. The number of hydrogen-bond acceptors (Lipinski definition) is 7. The fourth-order valence-corrected chi connectivity index (χ4v) is 9.21. The van der Waals surface area contributed by atoms with Crippen LogP contribution in [0.3, 0.4) is 0 Å². The van der Waals surface area contributed by atoms with Gasteiger partial charge in [0.1, 0.15) is 0 Å². The second-order valence-corrected chi connectivity index (χ2v) is 16.5. The number of aromatic amines is 2. The molecule has 12 heteroatoms. The van der Waals surface area contributed by atoms with Gasteiger partial charge >= 0.3 is 6.18 Å². The van der Waals surface area contributed by atoms with Gasteiger partial charge in [-0.3, -0.25) is 24.7 Å². The Labute approximate surface area is 299 Å². The molecular formula is C40H38F3N7O2. The summed E-state index contributed by atoms with van der Waals surface area (Å²) < 4.78 is 46.8. The minimum atomic E-state index is -4.84. The Morgan fingerprint density at radius 2 is 1.42 bits per heavy atom. The van der Waals surface area contributed by atoms with Gasteiger partial charge in [0.05, 0.1) is 33.7 Å². The van der Waals surface area contributed by atoms with E-state index in [0.29, 0.717) is 69.0 Å². The molecule has 0 amide bonds. The van der Waals surface area contributed by atoms with Crippen molar-refractivity contribution in [2.24, 2.45) is 10.8 Å². The fourth-order valence-electron chi connectivity index (χ4n) is 9.21. The zero-order valence-electron chi connectivity index (χ0n) is 29.8. The number of hydrogen-bond donors (Lipinski definition) is 3. The lowest BCUT2D eigenvalue weighted by atomic mass is 9.61. The second-order valence-electron chi connectivity index (χ2n) is 16.5. The largest absolute Gasteiger partial charge is 0.418 e. The van der Waals surface area contributed by atoms with E-state index in [9.17, 15) is 14.9 Å². The van der Waals surface area contributed by atoms with Gasteiger partial charge in [-0.2, -0.15) is 28.6 Å². The SMILES string of the molecule is CC1(C)CC(=O)C2=C(C1)Nc1n[nH]cc1[C@]2(C)c1ccc(N2C3=C(C(=O)CC(C)(C)C3)[C@@](C)(c3cccc(C#N)c3)c3c[nH]nc32)c(C(F)(F)F)c1. The molecule has 0 fully saturated rings. The molecule has 0 unspecified atom stereocenters. The number of halogens is 3. The van der Waals surface area contributed by atoms with Crippen molar-refractivity contribution in [1.82, 2.24) is 20.4 Å². The van der Waals surface area contributed by atoms with Crippen LogP contribution in [0.15, 0.2) is 77.4 Å². The molecule has 2 aliphatic heterocycles. The van der Waals surface area contributed by atoms with E-state index < -0.39 is 28.0 Å². The molecule has 0 radical (unpaired) electrons. The highest BCUT2D eigenvalue weighted by Gasteiger charge is 2.53. The zero-order valence-corrected chi connectivity index (χ0v) is 29.8. The Kier molecular flexibility index (Phi) is 6.99. The first-order chi connectivity index (χ1) is 24.4. The van der Waals surface area contributed by atoms with Gasteiger partial charge in [-0.1, -0.05) is 45.9 Å². The van der Waals surface area contributed by atoms with E-state index in [0.717, 1.165) is 6.07 Å². The van der Waals surface area contributed by atoms with Crippen LogP contribution in [0.25, 0.3) is 0 Å². The van der Waals surface area contributed by atoms with Crippen molar-refractivity contribution in [3.8, 4) is 6.07 Å². The van der Waals surface area contributed by atoms with Crippen molar-refractivity contribution in [2.75, 3.05) is 10.2 Å². The van der Waals surface area contributed by atoms with Gasteiger partial charge in [0.15, 0.2) is 23.2 Å². The Morgan fingerprint density at radius 3 is 2.13 bits per heavy atom. The van der Waals surface area contributed by atoms with Crippen molar-refractivity contribution >= 4 is 28.9 Å². The molecule has 0 bridgehead atoms. The summed E-state index contributed by atoms with van der Waals surface area (Å²) in [5.74, 6) is 0.415. The van der Waals surface area contributed by atoms with Gasteiger partial charge in [-0.15, -0.1) is 0 Å². The summed E-state index contributed by atoms with van der Waals surface area (Å²) in [5, 5.41) is 27.7. The molecule has 2 aromatic heterocycles. The Hall–Kier alpha value is -5.44. The number of nitriles is 1. The number of carbonyl (C=O) groups excluding carboxylic acids is 2. The van der Waals surface area contributed by atoms with Crippen LogP contribution in [0.5, 0.6) is 0 Å². The average Bonchev–Trinajstić information content (AvgIpc) is 3.74. The van der Waals surface area contributed by atoms with E-state index >= 15 is 13.2 Å². The van der Waals surface area contributed by atoms with E-state index in [1.165, 1.54) is 11.0 Å². The summed E-state index contributed by atoms with van der Waals surface area (Å²) >= 11 is 0. The minimum absolute atomic E-state index is 0.125. The summed E-state index contributed by atoms with van der Waals surface area (Å²) in [6, 6.07) is 13.4. The van der Waals surface area contributed by atoms with Crippen molar-refractivity contribution in [3.63, 3.8) is 0 Å². The number of ketones is 2. The zero-order chi connectivity index (χ0) is 37.2. The molecule has 9 nitrogen and oxygen atoms in total. The van der Waals surface area contributed by atoms with Gasteiger partial charge in [-0.25, -0.2) is 0 Å². The second kappa shape index (κ2) is 10.8. The van der Waals surface area contributed by atoms with Gasteiger partial charge in [0, 0.05) is 58.9 Å². The highest BCUT2D eigenvalue weighted by atomic mass is 19.4. The maximum absolute atomic E-state index is 15.6. The number of Topliss-reactive ketones (excluding diaryl/α,β-unsaturated/α-hetero) is 2. The number of aromatic nitrogens is 4. The maximum atomic E-state index is 15.6. The van der Waals surface area contributed by atoms with E-state index in [2.05, 4.69) is 31.8 Å². The quantitative estimate of drug-likeness (QED) is 0.195. The lowest BCUT2D eigenvalue weighted by Gasteiger charge is -2.48. The van der Waals surface area contributed by atoms with Gasteiger partial charge < -0.3 is 5.32 Å². The first kappa shape index (κ1) is 33.7. The Morgan fingerprint density at radius 1 is 0.788 bits per heavy atom. The van der Waals surface area contributed by atoms with Crippen LogP contribution in [0.1, 0.15) is 101 Å². The highest BCUT2D eigenvalue weighted by molar-refractivity contribution is 6.04. The maximum Gasteiger partial charge on any atom is 0.418 e. The van der Waals surface area contributed by atoms with Crippen molar-refractivity contribution in [3.05, 3.63) is 111 Å². The summed E-state index contributed by atoms with van der Waals surface area (Å²) in [5.41, 5.74) is 0.0220. The predicted octanol–water partition coefficient (Wildman–Crippen LogP) is 8.50. The molecule has 2 atom stereocenters. The van der Waals surface area contributed by atoms with Crippen LogP contribution in [-0.4, -0.2) is 32.0 Å². The molecule has 0 spiro atoms. The van der Waals surface area contributed by atoms with Crippen LogP contribution >= 0.6 is 0 Å². The average molecular weight is 706 g/mol. The molecule has 52 heavy (non-hydrogen) atoms. The molecule has 266 valence electrons. The van der Waals surface area contributed by atoms with E-state index in [1.54, 1.807) is 43.6 Å². The topological polar surface area (TPSA) is 131 Å². The number of nitrogens with one attached hydrogen (secondary N) is 3. The van der Waals surface area contributed by atoms with E-state index in [1.807, 2.05) is 40.7 Å². The van der Waals surface area contributed by atoms with Crippen LogP contribution in [0, 0.1) is 22.2 Å². The predicted molar refractivity (Wildman–Crippen MR) is 189 cm³/mol. The standard InChI is InChI=1S/C40H38F3N7O2/c1-36(2)14-27-32(30(51)16-36)38(5,25-19-45-48-34(25)47-27)23-10-11-28(24(13-23)40(41,42)43)50-29-15-37(3,4)17-31(52)33(29)39(6,26-20-46-49-35(26)50)22-9-7-8-21(12-22)18-44/h7-13,19-20H,14-17H2,1-6H3,(H,46,49)(H2,45,47,48)/t38-,39-/m0/s1. The third kappa shape index (κ3) is 4.74. The summed E-state index contributed by atoms with van der Waals surface area (Å²) in [4.78, 5) is 29.7. The fraction of sp³-hybridized carbons (Fsp3) is 0.375. The van der Waals surface area contributed by atoms with Gasteiger partial charge in [0.25, 0.3) is 0 Å². The number of benzene rings is 2. The molecule has 2 aliphatic carbocycles. The van der Waals surface area contributed by atoms with Crippen LogP contribution in [-0.2, 0) is 26.6 Å². The molecule has 2 aromatic carbocycles. The highest BCUT2D eigenvalue weighted by Crippen LogP contribution is 2.58. The number of rotatable bonds is 3. The van der Waals surface area contributed by atoms with Gasteiger partial charge in [0.2, 0.25) is 0 Å². The number of anilines is 3. The lowest BCUT2D eigenvalue weighted by Crippen LogP contribution is -2.45. The molecule has 3 N–H and O–H groups in total. The van der Waals surface area contributed by atoms with Crippen LogP contribution < -0.4 is 10.2 Å². The molecular weight excluding hydrogens is 667 g/mol. The number of H-pyrrole nitrogens is 2. The number of nitrogens with zero attached hydrogens (tertiary/aromatic N) is 4. The van der Waals surface area contributed by atoms with Crippen molar-refractivity contribution < 1.29 is 22.8 Å². The Bertz CT molecular complexity index is 2340. The monoisotopic (exact) mass is 705 g/mol. The molecule has 4 aliphatic rings. The molecule has 8 rings (SSSR count). The molecule has 0 saturated heterocycles. The third-order valence-corrected chi connectivity index (χ3v) is 11.5. The number of allylic oxidation sites excluding steroid dienone is 4. The summed E-state index contributed by atoms with van der Waals surface area (Å²) in [6.45, 7) is 11.5. The number of alkyl halides is 3. The first-order valence-corrected chi connectivity index (χ1v) is 17.3. The molecule has 0 saturated carbocycles. The first-order valence-electron chi connectivity index (χ1n) is 17.3. The van der Waals surface area contributed by atoms with Crippen molar-refractivity contribution in [1.29, 1.82) is 5.26 Å².